The zero-order chi connectivity index (χ0) is 13.6. The molecule has 1 aromatic carbocycles. The van der Waals surface area contributed by atoms with Crippen molar-refractivity contribution in [3.8, 4) is 0 Å². The maximum Gasteiger partial charge on any atom is 0.0110 e. The molecule has 3 atom stereocenters. The SMILES string of the molecule is c1ccc(CCNC2CCCC2C2CCCCN2)cc1. The van der Waals surface area contributed by atoms with E-state index in [1.165, 1.54) is 50.6 Å². The third-order valence-electron chi connectivity index (χ3n) is 5.10. The monoisotopic (exact) mass is 272 g/mol. The lowest BCUT2D eigenvalue weighted by molar-refractivity contribution is 0.258. The first-order chi connectivity index (χ1) is 9.93. The maximum atomic E-state index is 3.84. The van der Waals surface area contributed by atoms with Crippen molar-refractivity contribution in [2.75, 3.05) is 13.1 Å². The Hall–Kier alpha value is -0.860. The molecule has 3 rings (SSSR count). The van der Waals surface area contributed by atoms with Crippen LogP contribution in [-0.2, 0) is 6.42 Å². The molecule has 0 aromatic heterocycles. The molecule has 2 N–H and O–H groups in total. The number of hydrogen-bond donors (Lipinski definition) is 2. The molecule has 0 amide bonds. The largest absolute Gasteiger partial charge is 0.314 e. The highest BCUT2D eigenvalue weighted by Crippen LogP contribution is 2.31. The fourth-order valence-electron chi connectivity index (χ4n) is 4.01. The average molecular weight is 272 g/mol. The zero-order valence-electron chi connectivity index (χ0n) is 12.5. The van der Waals surface area contributed by atoms with Gasteiger partial charge in [-0.25, -0.2) is 0 Å². The summed E-state index contributed by atoms with van der Waals surface area (Å²) in [5.74, 6) is 0.867. The van der Waals surface area contributed by atoms with Crippen molar-refractivity contribution in [2.24, 2.45) is 5.92 Å². The molecule has 110 valence electrons. The maximum absolute atomic E-state index is 3.84. The van der Waals surface area contributed by atoms with Crippen LogP contribution < -0.4 is 10.6 Å². The zero-order valence-corrected chi connectivity index (χ0v) is 12.5. The van der Waals surface area contributed by atoms with E-state index in [1.54, 1.807) is 0 Å². The van der Waals surface area contributed by atoms with Gasteiger partial charge in [0.15, 0.2) is 0 Å². The van der Waals surface area contributed by atoms with E-state index in [0.717, 1.165) is 31.0 Å². The van der Waals surface area contributed by atoms with Crippen molar-refractivity contribution in [3.05, 3.63) is 35.9 Å². The summed E-state index contributed by atoms with van der Waals surface area (Å²) >= 11 is 0. The van der Waals surface area contributed by atoms with E-state index in [9.17, 15) is 0 Å². The van der Waals surface area contributed by atoms with Crippen LogP contribution in [-0.4, -0.2) is 25.2 Å². The van der Waals surface area contributed by atoms with Gasteiger partial charge in [0.2, 0.25) is 0 Å². The number of nitrogens with one attached hydrogen (secondary N) is 2. The van der Waals surface area contributed by atoms with Gasteiger partial charge in [-0.05, 0) is 56.7 Å². The highest BCUT2D eigenvalue weighted by Gasteiger charge is 2.33. The minimum Gasteiger partial charge on any atom is -0.314 e. The molecule has 1 aromatic rings. The summed E-state index contributed by atoms with van der Waals surface area (Å²) in [4.78, 5) is 0. The van der Waals surface area contributed by atoms with Crippen LogP contribution in [0.1, 0.15) is 44.1 Å². The van der Waals surface area contributed by atoms with Gasteiger partial charge in [0.25, 0.3) is 0 Å². The first-order valence-corrected chi connectivity index (χ1v) is 8.44. The molecule has 0 bridgehead atoms. The molecule has 1 heterocycles. The summed E-state index contributed by atoms with van der Waals surface area (Å²) in [5, 5.41) is 7.60. The molecule has 1 aliphatic carbocycles. The second-order valence-electron chi connectivity index (χ2n) is 6.45. The van der Waals surface area contributed by atoms with Gasteiger partial charge >= 0.3 is 0 Å². The van der Waals surface area contributed by atoms with Crippen LogP contribution in [0.15, 0.2) is 30.3 Å². The Morgan fingerprint density at radius 3 is 2.70 bits per heavy atom. The predicted octanol–water partition coefficient (Wildman–Crippen LogP) is 3.13. The van der Waals surface area contributed by atoms with E-state index in [4.69, 9.17) is 0 Å². The van der Waals surface area contributed by atoms with Gasteiger partial charge in [-0.2, -0.15) is 0 Å². The summed E-state index contributed by atoms with van der Waals surface area (Å²) in [5.41, 5.74) is 1.45. The molecule has 2 aliphatic rings. The molecule has 2 nitrogen and oxygen atoms in total. The molecule has 3 unspecified atom stereocenters. The lowest BCUT2D eigenvalue weighted by Crippen LogP contribution is -2.47. The minimum absolute atomic E-state index is 0.745. The van der Waals surface area contributed by atoms with Crippen molar-refractivity contribution in [1.82, 2.24) is 10.6 Å². The second-order valence-corrected chi connectivity index (χ2v) is 6.45. The molecule has 2 fully saturated rings. The fraction of sp³-hybridized carbons (Fsp3) is 0.667. The van der Waals surface area contributed by atoms with Crippen LogP contribution >= 0.6 is 0 Å². The van der Waals surface area contributed by atoms with Gasteiger partial charge in [0.1, 0.15) is 0 Å². The van der Waals surface area contributed by atoms with Crippen molar-refractivity contribution >= 4 is 0 Å². The average Bonchev–Trinajstić information content (AvgIpc) is 2.98. The van der Waals surface area contributed by atoms with Gasteiger partial charge in [-0.15, -0.1) is 0 Å². The van der Waals surface area contributed by atoms with E-state index >= 15 is 0 Å². The van der Waals surface area contributed by atoms with E-state index in [2.05, 4.69) is 41.0 Å². The van der Waals surface area contributed by atoms with Crippen molar-refractivity contribution in [2.45, 2.75) is 57.0 Å². The van der Waals surface area contributed by atoms with E-state index in [-0.39, 0.29) is 0 Å². The van der Waals surface area contributed by atoms with Crippen molar-refractivity contribution in [1.29, 1.82) is 0 Å². The normalized spacial score (nSPS) is 30.5. The van der Waals surface area contributed by atoms with Crippen molar-refractivity contribution in [3.63, 3.8) is 0 Å². The van der Waals surface area contributed by atoms with Gasteiger partial charge in [-0.1, -0.05) is 43.2 Å². The van der Waals surface area contributed by atoms with Crippen LogP contribution in [0.3, 0.4) is 0 Å². The van der Waals surface area contributed by atoms with Gasteiger partial charge in [0, 0.05) is 12.1 Å². The Kier molecular flexibility index (Phi) is 5.10. The predicted molar refractivity (Wildman–Crippen MR) is 84.9 cm³/mol. The summed E-state index contributed by atoms with van der Waals surface area (Å²) in [6.07, 6.45) is 9.54. The molecule has 1 saturated heterocycles. The topological polar surface area (TPSA) is 24.1 Å². The molecule has 0 radical (unpaired) electrons. The summed E-state index contributed by atoms with van der Waals surface area (Å²) in [7, 11) is 0. The highest BCUT2D eigenvalue weighted by atomic mass is 15.0. The summed E-state index contributed by atoms with van der Waals surface area (Å²) in [6.45, 7) is 2.36. The number of benzene rings is 1. The highest BCUT2D eigenvalue weighted by molar-refractivity contribution is 5.14. The first-order valence-electron chi connectivity index (χ1n) is 8.44. The number of rotatable bonds is 5. The number of piperidine rings is 1. The minimum atomic E-state index is 0.745. The Morgan fingerprint density at radius 1 is 1.00 bits per heavy atom. The quantitative estimate of drug-likeness (QED) is 0.860. The van der Waals surface area contributed by atoms with E-state index in [0.29, 0.717) is 0 Å². The summed E-state index contributed by atoms with van der Waals surface area (Å²) in [6, 6.07) is 12.4. The van der Waals surface area contributed by atoms with Gasteiger partial charge < -0.3 is 10.6 Å². The van der Waals surface area contributed by atoms with Crippen LogP contribution in [0.25, 0.3) is 0 Å². The lowest BCUT2D eigenvalue weighted by Gasteiger charge is -2.33. The van der Waals surface area contributed by atoms with Crippen LogP contribution in [0.2, 0.25) is 0 Å². The van der Waals surface area contributed by atoms with Gasteiger partial charge in [-0.3, -0.25) is 0 Å². The van der Waals surface area contributed by atoms with Gasteiger partial charge in [0.05, 0.1) is 0 Å². The van der Waals surface area contributed by atoms with E-state index in [1.807, 2.05) is 0 Å². The molecule has 0 spiro atoms. The molecular weight excluding hydrogens is 244 g/mol. The third kappa shape index (κ3) is 3.62. The molecule has 2 heteroatoms. The smallest absolute Gasteiger partial charge is 0.0110 e. The summed E-state index contributed by atoms with van der Waals surface area (Å²) < 4.78 is 0. The standard InChI is InChI=1S/C18H28N2/c1-2-7-15(8-3-1)12-14-20-18-11-6-9-16(18)17-10-4-5-13-19-17/h1-3,7-8,16-20H,4-6,9-14H2. The van der Waals surface area contributed by atoms with Crippen molar-refractivity contribution < 1.29 is 0 Å². The Morgan fingerprint density at radius 2 is 1.90 bits per heavy atom. The molecule has 20 heavy (non-hydrogen) atoms. The fourth-order valence-corrected chi connectivity index (χ4v) is 4.01. The molecule has 1 aliphatic heterocycles. The van der Waals surface area contributed by atoms with Crippen LogP contribution in [0.4, 0.5) is 0 Å². The lowest BCUT2D eigenvalue weighted by atomic mass is 9.88. The van der Waals surface area contributed by atoms with E-state index < -0.39 is 0 Å². The van der Waals surface area contributed by atoms with Crippen LogP contribution in [0.5, 0.6) is 0 Å². The second kappa shape index (κ2) is 7.24. The molecule has 1 saturated carbocycles. The Labute approximate surface area is 123 Å². The van der Waals surface area contributed by atoms with Crippen LogP contribution in [0, 0.1) is 5.92 Å². The Bertz CT molecular complexity index is 384. The Balaban J connectivity index is 1.46. The third-order valence-corrected chi connectivity index (χ3v) is 5.10. The number of hydrogen-bond acceptors (Lipinski definition) is 2. The first kappa shape index (κ1) is 14.1. The molecular formula is C18H28N2.